The van der Waals surface area contributed by atoms with E-state index in [-0.39, 0.29) is 5.56 Å². The molecule has 0 radical (unpaired) electrons. The molecule has 2 aromatic rings. The standard InChI is InChI=1S/C13H11NO4/c1-18-13(17)14-11-7-6-10(12(15)16)8-4-2-3-5-9(8)11/h2-7H,1H3,(H,14,17)(H,15,16). The Hall–Kier alpha value is -2.56. The predicted octanol–water partition coefficient (Wildman–Crippen LogP) is 2.72. The lowest BCUT2D eigenvalue weighted by Gasteiger charge is -2.09. The van der Waals surface area contributed by atoms with Crippen LogP contribution in [0.3, 0.4) is 0 Å². The molecule has 0 aliphatic rings. The van der Waals surface area contributed by atoms with E-state index < -0.39 is 12.1 Å². The number of nitrogens with one attached hydrogen (secondary N) is 1. The fourth-order valence-electron chi connectivity index (χ4n) is 1.76. The van der Waals surface area contributed by atoms with Gasteiger partial charge in [-0.3, -0.25) is 5.32 Å². The second-order valence-electron chi connectivity index (χ2n) is 3.63. The number of carboxylic acid groups (broad SMARTS) is 1. The molecular weight excluding hydrogens is 234 g/mol. The lowest BCUT2D eigenvalue weighted by atomic mass is 10.0. The first-order valence-electron chi connectivity index (χ1n) is 5.23. The van der Waals surface area contributed by atoms with Crippen LogP contribution in [0.1, 0.15) is 10.4 Å². The lowest BCUT2D eigenvalue weighted by molar-refractivity contribution is 0.0699. The van der Waals surface area contributed by atoms with Crippen molar-refractivity contribution in [2.75, 3.05) is 12.4 Å². The number of hydrogen-bond donors (Lipinski definition) is 2. The molecule has 0 saturated carbocycles. The van der Waals surface area contributed by atoms with Gasteiger partial charge in [0.2, 0.25) is 0 Å². The second-order valence-corrected chi connectivity index (χ2v) is 3.63. The summed E-state index contributed by atoms with van der Waals surface area (Å²) in [6.45, 7) is 0. The Morgan fingerprint density at radius 2 is 1.78 bits per heavy atom. The van der Waals surface area contributed by atoms with Crippen LogP contribution in [0.25, 0.3) is 10.8 Å². The van der Waals surface area contributed by atoms with Crippen LogP contribution in [-0.2, 0) is 4.74 Å². The molecule has 5 nitrogen and oxygen atoms in total. The van der Waals surface area contributed by atoms with Gasteiger partial charge in [0.1, 0.15) is 0 Å². The zero-order chi connectivity index (χ0) is 13.1. The molecule has 0 bridgehead atoms. The molecule has 2 N–H and O–H groups in total. The molecule has 2 rings (SSSR count). The van der Waals surface area contributed by atoms with Gasteiger partial charge in [-0.1, -0.05) is 24.3 Å². The Morgan fingerprint density at radius 3 is 2.39 bits per heavy atom. The summed E-state index contributed by atoms with van der Waals surface area (Å²) in [6, 6.07) is 9.96. The maximum atomic E-state index is 11.2. The maximum absolute atomic E-state index is 11.2. The minimum absolute atomic E-state index is 0.195. The van der Waals surface area contributed by atoms with Crippen LogP contribution in [0.5, 0.6) is 0 Å². The molecule has 5 heteroatoms. The summed E-state index contributed by atoms with van der Waals surface area (Å²) < 4.78 is 4.51. The first-order valence-corrected chi connectivity index (χ1v) is 5.23. The maximum Gasteiger partial charge on any atom is 0.411 e. The third-order valence-corrected chi connectivity index (χ3v) is 2.58. The zero-order valence-corrected chi connectivity index (χ0v) is 9.64. The summed E-state index contributed by atoms with van der Waals surface area (Å²) in [5.74, 6) is -1.00. The van der Waals surface area contributed by atoms with Crippen molar-refractivity contribution in [3.8, 4) is 0 Å². The van der Waals surface area contributed by atoms with Crippen LogP contribution >= 0.6 is 0 Å². The van der Waals surface area contributed by atoms with Crippen molar-refractivity contribution < 1.29 is 19.4 Å². The van der Waals surface area contributed by atoms with Gasteiger partial charge in [0.25, 0.3) is 0 Å². The van der Waals surface area contributed by atoms with E-state index in [1.54, 1.807) is 30.3 Å². The number of carbonyl (C=O) groups excluding carboxylic acids is 1. The van der Waals surface area contributed by atoms with Gasteiger partial charge < -0.3 is 9.84 Å². The topological polar surface area (TPSA) is 75.6 Å². The van der Waals surface area contributed by atoms with Crippen molar-refractivity contribution >= 4 is 28.5 Å². The molecule has 18 heavy (non-hydrogen) atoms. The highest BCUT2D eigenvalue weighted by Gasteiger charge is 2.12. The Balaban J connectivity index is 2.61. The zero-order valence-electron chi connectivity index (χ0n) is 9.64. The van der Waals surface area contributed by atoms with E-state index in [1.165, 1.54) is 13.2 Å². The van der Waals surface area contributed by atoms with Crippen LogP contribution in [-0.4, -0.2) is 24.3 Å². The van der Waals surface area contributed by atoms with Gasteiger partial charge in [-0.25, -0.2) is 9.59 Å². The van der Waals surface area contributed by atoms with E-state index >= 15 is 0 Å². The number of benzene rings is 2. The quantitative estimate of drug-likeness (QED) is 0.852. The van der Waals surface area contributed by atoms with Crippen molar-refractivity contribution in [3.63, 3.8) is 0 Å². The van der Waals surface area contributed by atoms with Crippen molar-refractivity contribution in [1.29, 1.82) is 0 Å². The molecule has 0 fully saturated rings. The molecule has 0 aliphatic carbocycles. The molecule has 92 valence electrons. The number of methoxy groups -OCH3 is 1. The molecule has 0 heterocycles. The summed E-state index contributed by atoms with van der Waals surface area (Å²) in [5.41, 5.74) is 0.712. The average Bonchev–Trinajstić information content (AvgIpc) is 2.38. The number of fused-ring (bicyclic) bond motifs is 1. The molecule has 0 atom stereocenters. The van der Waals surface area contributed by atoms with E-state index in [1.807, 2.05) is 0 Å². The Kier molecular flexibility index (Phi) is 3.14. The predicted molar refractivity (Wildman–Crippen MR) is 66.9 cm³/mol. The van der Waals surface area contributed by atoms with Crippen LogP contribution in [0.2, 0.25) is 0 Å². The molecular formula is C13H11NO4. The molecule has 0 aromatic heterocycles. The van der Waals surface area contributed by atoms with Gasteiger partial charge in [0, 0.05) is 5.39 Å². The molecule has 0 aliphatic heterocycles. The van der Waals surface area contributed by atoms with Crippen molar-refractivity contribution in [2.45, 2.75) is 0 Å². The van der Waals surface area contributed by atoms with Gasteiger partial charge in [0.05, 0.1) is 18.4 Å². The Morgan fingerprint density at radius 1 is 1.11 bits per heavy atom. The Bertz CT molecular complexity index is 621. The fourth-order valence-corrected chi connectivity index (χ4v) is 1.76. The Labute approximate surface area is 103 Å². The van der Waals surface area contributed by atoms with Gasteiger partial charge in [0.15, 0.2) is 0 Å². The highest BCUT2D eigenvalue weighted by molar-refractivity contribution is 6.09. The summed E-state index contributed by atoms with van der Waals surface area (Å²) >= 11 is 0. The van der Waals surface area contributed by atoms with E-state index in [0.29, 0.717) is 16.5 Å². The highest BCUT2D eigenvalue weighted by atomic mass is 16.5. The number of hydrogen-bond acceptors (Lipinski definition) is 3. The number of amides is 1. The number of carbonyl (C=O) groups is 2. The summed E-state index contributed by atoms with van der Waals surface area (Å²) in [6.07, 6.45) is -0.594. The first kappa shape index (κ1) is 11.9. The van der Waals surface area contributed by atoms with Crippen LogP contribution < -0.4 is 5.32 Å². The van der Waals surface area contributed by atoms with Crippen molar-refractivity contribution in [3.05, 3.63) is 42.0 Å². The third kappa shape index (κ3) is 2.10. The third-order valence-electron chi connectivity index (χ3n) is 2.58. The molecule has 0 saturated heterocycles. The van der Waals surface area contributed by atoms with Gasteiger partial charge in [-0.2, -0.15) is 0 Å². The number of aromatic carboxylic acids is 1. The van der Waals surface area contributed by atoms with Crippen molar-refractivity contribution in [1.82, 2.24) is 0 Å². The van der Waals surface area contributed by atoms with Crippen molar-refractivity contribution in [2.24, 2.45) is 0 Å². The van der Waals surface area contributed by atoms with Gasteiger partial charge in [-0.15, -0.1) is 0 Å². The summed E-state index contributed by atoms with van der Waals surface area (Å²) in [7, 11) is 1.27. The molecule has 0 unspecified atom stereocenters. The highest BCUT2D eigenvalue weighted by Crippen LogP contribution is 2.26. The van der Waals surface area contributed by atoms with Crippen LogP contribution in [0.15, 0.2) is 36.4 Å². The van der Waals surface area contributed by atoms with E-state index in [2.05, 4.69) is 10.1 Å². The molecule has 0 spiro atoms. The average molecular weight is 245 g/mol. The smallest absolute Gasteiger partial charge is 0.411 e. The molecule has 1 amide bonds. The number of rotatable bonds is 2. The number of carboxylic acids is 1. The number of anilines is 1. The SMILES string of the molecule is COC(=O)Nc1ccc(C(=O)O)c2ccccc12. The minimum atomic E-state index is -1.00. The van der Waals surface area contributed by atoms with Crippen LogP contribution in [0.4, 0.5) is 10.5 Å². The second kappa shape index (κ2) is 4.75. The van der Waals surface area contributed by atoms with Gasteiger partial charge >= 0.3 is 12.1 Å². The summed E-state index contributed by atoms with van der Waals surface area (Å²) in [5, 5.41) is 12.9. The lowest BCUT2D eigenvalue weighted by Crippen LogP contribution is -2.11. The monoisotopic (exact) mass is 245 g/mol. The van der Waals surface area contributed by atoms with Gasteiger partial charge in [-0.05, 0) is 17.5 Å². The van der Waals surface area contributed by atoms with E-state index in [9.17, 15) is 9.59 Å². The van der Waals surface area contributed by atoms with E-state index in [0.717, 1.165) is 0 Å². The van der Waals surface area contributed by atoms with Crippen LogP contribution in [0, 0.1) is 0 Å². The molecule has 2 aromatic carbocycles. The normalized spacial score (nSPS) is 10.1. The van der Waals surface area contributed by atoms with E-state index in [4.69, 9.17) is 5.11 Å². The minimum Gasteiger partial charge on any atom is -0.478 e. The first-order chi connectivity index (χ1) is 8.63. The largest absolute Gasteiger partial charge is 0.478 e. The number of ether oxygens (including phenoxy) is 1. The fraction of sp³-hybridized carbons (Fsp3) is 0.0769. The summed E-state index contributed by atoms with van der Waals surface area (Å²) in [4.78, 5) is 22.3.